The summed E-state index contributed by atoms with van der Waals surface area (Å²) in [5.74, 6) is 0. The van der Waals surface area contributed by atoms with Gasteiger partial charge in [-0.05, 0) is 18.2 Å². The first kappa shape index (κ1) is 9.39. The van der Waals surface area contributed by atoms with E-state index in [0.29, 0.717) is 4.78 Å². The lowest BCUT2D eigenvalue weighted by molar-refractivity contribution is 0.427. The fourth-order valence-electron chi connectivity index (χ4n) is 1.14. The van der Waals surface area contributed by atoms with Crippen LogP contribution in [0, 0.1) is 0 Å². The average Bonchev–Trinajstić information content (AvgIpc) is 2.68. The summed E-state index contributed by atoms with van der Waals surface area (Å²) in [7, 11) is -1.39. The van der Waals surface area contributed by atoms with Gasteiger partial charge in [-0.3, -0.25) is 4.98 Å². The molecule has 0 aliphatic rings. The van der Waals surface area contributed by atoms with Crippen molar-refractivity contribution >= 4 is 23.2 Å². The highest BCUT2D eigenvalue weighted by Crippen LogP contribution is 2.20. The molecule has 0 atom stereocenters. The maximum absolute atomic E-state index is 8.93. The first-order valence-electron chi connectivity index (χ1n) is 4.14. The van der Waals surface area contributed by atoms with Gasteiger partial charge < -0.3 is 10.0 Å². The third-order valence-corrected chi connectivity index (χ3v) is 2.95. The molecule has 0 saturated carbocycles. The molecule has 0 unspecified atom stereocenters. The van der Waals surface area contributed by atoms with Crippen molar-refractivity contribution in [3.63, 3.8) is 0 Å². The monoisotopic (exact) mass is 205 g/mol. The van der Waals surface area contributed by atoms with E-state index in [1.807, 2.05) is 24.3 Å². The Kier molecular flexibility index (Phi) is 2.63. The van der Waals surface area contributed by atoms with E-state index in [1.54, 1.807) is 12.3 Å². The van der Waals surface area contributed by atoms with Crippen molar-refractivity contribution in [1.82, 2.24) is 4.98 Å². The van der Waals surface area contributed by atoms with Gasteiger partial charge in [0.05, 0.1) is 10.6 Å². The lowest BCUT2D eigenvalue weighted by Gasteiger charge is -1.94. The van der Waals surface area contributed by atoms with Crippen molar-refractivity contribution in [2.24, 2.45) is 0 Å². The summed E-state index contributed by atoms with van der Waals surface area (Å²) in [5.41, 5.74) is 0.851. The molecule has 2 aromatic rings. The summed E-state index contributed by atoms with van der Waals surface area (Å²) in [6.07, 6.45) is 1.71. The Hall–Kier alpha value is -1.17. The maximum Gasteiger partial charge on any atom is 0.499 e. The maximum atomic E-state index is 8.93. The van der Waals surface area contributed by atoms with Crippen molar-refractivity contribution < 1.29 is 10.0 Å². The van der Waals surface area contributed by atoms with Crippen molar-refractivity contribution in [3.8, 4) is 10.6 Å². The van der Waals surface area contributed by atoms with Crippen LogP contribution in [0.5, 0.6) is 0 Å². The fraction of sp³-hybridized carbons (Fsp3) is 0. The van der Waals surface area contributed by atoms with Crippen LogP contribution in [0.3, 0.4) is 0 Å². The van der Waals surface area contributed by atoms with Gasteiger partial charge in [-0.2, -0.15) is 0 Å². The number of hydrogen-bond donors (Lipinski definition) is 2. The van der Waals surface area contributed by atoms with Crippen LogP contribution in [0.4, 0.5) is 0 Å². The standard InChI is InChI=1S/C9H8BNO2S/c12-10(13)9-5-4-8(14-9)7-3-1-2-6-11-7/h1-6,12-13H. The molecule has 0 aromatic carbocycles. The van der Waals surface area contributed by atoms with E-state index in [0.717, 1.165) is 10.6 Å². The molecule has 0 aliphatic heterocycles. The van der Waals surface area contributed by atoms with Gasteiger partial charge in [-0.25, -0.2) is 0 Å². The smallest absolute Gasteiger partial charge is 0.423 e. The van der Waals surface area contributed by atoms with Crippen molar-refractivity contribution in [2.45, 2.75) is 0 Å². The summed E-state index contributed by atoms with van der Waals surface area (Å²) in [5, 5.41) is 17.9. The number of thiophene rings is 1. The fourth-order valence-corrected chi connectivity index (χ4v) is 1.99. The number of hydrogen-bond acceptors (Lipinski definition) is 4. The van der Waals surface area contributed by atoms with Crippen molar-refractivity contribution in [2.75, 3.05) is 0 Å². The molecule has 3 nitrogen and oxygen atoms in total. The van der Waals surface area contributed by atoms with E-state index in [2.05, 4.69) is 4.98 Å². The Morgan fingerprint density at radius 1 is 1.14 bits per heavy atom. The van der Waals surface area contributed by atoms with Crippen LogP contribution in [0.15, 0.2) is 36.5 Å². The normalized spacial score (nSPS) is 10.1. The molecule has 0 bridgehead atoms. The summed E-state index contributed by atoms with van der Waals surface area (Å²) < 4.78 is 0.533. The Bertz CT molecular complexity index is 416. The first-order valence-corrected chi connectivity index (χ1v) is 4.96. The van der Waals surface area contributed by atoms with Crippen molar-refractivity contribution in [3.05, 3.63) is 36.5 Å². The number of nitrogens with zero attached hydrogens (tertiary/aromatic N) is 1. The zero-order chi connectivity index (χ0) is 9.97. The van der Waals surface area contributed by atoms with Crippen LogP contribution < -0.4 is 4.78 Å². The third-order valence-electron chi connectivity index (χ3n) is 1.80. The molecule has 0 spiro atoms. The van der Waals surface area contributed by atoms with Crippen LogP contribution in [0.25, 0.3) is 10.6 Å². The van der Waals surface area contributed by atoms with E-state index in [-0.39, 0.29) is 0 Å². The molecule has 0 aliphatic carbocycles. The highest BCUT2D eigenvalue weighted by atomic mass is 32.1. The van der Waals surface area contributed by atoms with E-state index in [4.69, 9.17) is 10.0 Å². The van der Waals surface area contributed by atoms with Crippen LogP contribution in [-0.2, 0) is 0 Å². The second-order valence-electron chi connectivity index (χ2n) is 2.79. The van der Waals surface area contributed by atoms with E-state index >= 15 is 0 Å². The molecule has 2 rings (SSSR count). The third kappa shape index (κ3) is 1.84. The Labute approximate surface area is 85.8 Å². The molecule has 0 fully saturated rings. The molecule has 5 heteroatoms. The van der Waals surface area contributed by atoms with Crippen LogP contribution >= 0.6 is 11.3 Å². The molecular weight excluding hydrogens is 197 g/mol. The molecule has 2 aromatic heterocycles. The van der Waals surface area contributed by atoms with Gasteiger partial charge >= 0.3 is 7.12 Å². The lowest BCUT2D eigenvalue weighted by atomic mass is 9.90. The molecule has 14 heavy (non-hydrogen) atoms. The van der Waals surface area contributed by atoms with E-state index < -0.39 is 7.12 Å². The Morgan fingerprint density at radius 2 is 2.00 bits per heavy atom. The molecular formula is C9H8BNO2S. The first-order chi connectivity index (χ1) is 6.77. The zero-order valence-corrected chi connectivity index (χ0v) is 8.11. The predicted octanol–water partition coefficient (Wildman–Crippen LogP) is 0.490. The highest BCUT2D eigenvalue weighted by molar-refractivity contribution is 7.24. The largest absolute Gasteiger partial charge is 0.499 e. The summed E-state index contributed by atoms with van der Waals surface area (Å²) in [6, 6.07) is 9.16. The van der Waals surface area contributed by atoms with Gasteiger partial charge in [-0.15, -0.1) is 11.3 Å². The van der Waals surface area contributed by atoms with Gasteiger partial charge in [0.2, 0.25) is 0 Å². The quantitative estimate of drug-likeness (QED) is 0.701. The van der Waals surface area contributed by atoms with Gasteiger partial charge in [0.15, 0.2) is 0 Å². The lowest BCUT2D eigenvalue weighted by Crippen LogP contribution is -2.26. The van der Waals surface area contributed by atoms with Crippen LogP contribution in [-0.4, -0.2) is 22.2 Å². The predicted molar refractivity (Wildman–Crippen MR) is 57.4 cm³/mol. The number of pyridine rings is 1. The number of rotatable bonds is 2. The topological polar surface area (TPSA) is 53.4 Å². The Morgan fingerprint density at radius 3 is 2.57 bits per heavy atom. The molecule has 2 heterocycles. The van der Waals surface area contributed by atoms with Crippen LogP contribution in [0.2, 0.25) is 0 Å². The minimum atomic E-state index is -1.39. The minimum absolute atomic E-state index is 0.533. The van der Waals surface area contributed by atoms with Crippen molar-refractivity contribution in [1.29, 1.82) is 0 Å². The SMILES string of the molecule is OB(O)c1ccc(-c2ccccn2)s1. The summed E-state index contributed by atoms with van der Waals surface area (Å²) in [6.45, 7) is 0. The van der Waals surface area contributed by atoms with E-state index in [9.17, 15) is 0 Å². The summed E-state index contributed by atoms with van der Waals surface area (Å²) in [4.78, 5) is 5.11. The van der Waals surface area contributed by atoms with E-state index in [1.165, 1.54) is 11.3 Å². The summed E-state index contributed by atoms with van der Waals surface area (Å²) >= 11 is 1.33. The van der Waals surface area contributed by atoms with Gasteiger partial charge in [0.1, 0.15) is 0 Å². The Balaban J connectivity index is 2.34. The second-order valence-corrected chi connectivity index (χ2v) is 3.91. The van der Waals surface area contributed by atoms with Gasteiger partial charge in [0, 0.05) is 11.0 Å². The highest BCUT2D eigenvalue weighted by Gasteiger charge is 2.14. The van der Waals surface area contributed by atoms with Gasteiger partial charge in [-0.1, -0.05) is 12.1 Å². The van der Waals surface area contributed by atoms with Crippen LogP contribution in [0.1, 0.15) is 0 Å². The molecule has 0 saturated heterocycles. The average molecular weight is 205 g/mol. The number of aromatic nitrogens is 1. The molecule has 0 amide bonds. The second kappa shape index (κ2) is 3.92. The molecule has 0 radical (unpaired) electrons. The van der Waals surface area contributed by atoms with Gasteiger partial charge in [0.25, 0.3) is 0 Å². The molecule has 70 valence electrons. The zero-order valence-electron chi connectivity index (χ0n) is 7.29. The molecule has 2 N–H and O–H groups in total. The minimum Gasteiger partial charge on any atom is -0.423 e.